The molecule has 2 aromatic carbocycles. The van der Waals surface area contributed by atoms with Gasteiger partial charge in [-0.15, -0.1) is 0 Å². The summed E-state index contributed by atoms with van der Waals surface area (Å²) in [6.07, 6.45) is 0. The van der Waals surface area contributed by atoms with E-state index in [4.69, 9.17) is 12.2 Å². The third-order valence-electron chi connectivity index (χ3n) is 3.32. The van der Waals surface area contributed by atoms with Gasteiger partial charge < -0.3 is 5.32 Å². The molecule has 2 aromatic rings. The molecule has 0 spiro atoms. The van der Waals surface area contributed by atoms with Crippen LogP contribution in [0.1, 0.15) is 12.5 Å². The largest absolute Gasteiger partial charge is 0.338 e. The van der Waals surface area contributed by atoms with E-state index in [9.17, 15) is 0 Å². The molecule has 1 aliphatic rings. The zero-order valence-corrected chi connectivity index (χ0v) is 13.3. The van der Waals surface area contributed by atoms with E-state index in [1.54, 1.807) is 0 Å². The van der Waals surface area contributed by atoms with Crippen LogP contribution in [0, 0.1) is 0 Å². The molecule has 3 nitrogen and oxygen atoms in total. The highest BCUT2D eigenvalue weighted by molar-refractivity contribution is 9.10. The van der Waals surface area contributed by atoms with Gasteiger partial charge in [0.1, 0.15) is 5.66 Å². The zero-order chi connectivity index (χ0) is 14.2. The lowest BCUT2D eigenvalue weighted by Crippen LogP contribution is -2.46. The molecule has 1 aliphatic heterocycles. The average molecular weight is 348 g/mol. The minimum absolute atomic E-state index is 0.437. The van der Waals surface area contributed by atoms with Gasteiger partial charge in [-0.05, 0) is 37.3 Å². The molecule has 1 atom stereocenters. The fraction of sp³-hybridized carbons (Fsp3) is 0.133. The quantitative estimate of drug-likeness (QED) is 0.812. The van der Waals surface area contributed by atoms with Crippen LogP contribution < -0.4 is 15.8 Å². The molecule has 0 amide bonds. The predicted molar refractivity (Wildman–Crippen MR) is 89.3 cm³/mol. The summed E-state index contributed by atoms with van der Waals surface area (Å²) in [7, 11) is 0. The molecule has 102 valence electrons. The smallest absolute Gasteiger partial charge is 0.190 e. The van der Waals surface area contributed by atoms with E-state index in [1.165, 1.54) is 0 Å². The Morgan fingerprint density at radius 2 is 1.70 bits per heavy atom. The van der Waals surface area contributed by atoms with Gasteiger partial charge in [-0.2, -0.15) is 5.43 Å². The van der Waals surface area contributed by atoms with Gasteiger partial charge in [0.15, 0.2) is 5.11 Å². The summed E-state index contributed by atoms with van der Waals surface area (Å²) >= 11 is 9.05. The topological polar surface area (TPSA) is 27.3 Å². The number of nitrogens with zero attached hydrogens (tertiary/aromatic N) is 1. The molecule has 1 fully saturated rings. The number of hydrogen-bond acceptors (Lipinski definition) is 2. The number of rotatable bonds is 2. The van der Waals surface area contributed by atoms with Crippen molar-refractivity contribution in [2.75, 3.05) is 5.01 Å². The third kappa shape index (κ3) is 2.32. The molecule has 0 radical (unpaired) electrons. The summed E-state index contributed by atoms with van der Waals surface area (Å²) in [4.78, 5) is 0. The van der Waals surface area contributed by atoms with Crippen LogP contribution in [-0.4, -0.2) is 5.11 Å². The van der Waals surface area contributed by atoms with Gasteiger partial charge in [-0.3, -0.25) is 0 Å². The predicted octanol–water partition coefficient (Wildman–Crippen LogP) is 3.52. The molecular weight excluding hydrogens is 334 g/mol. The van der Waals surface area contributed by atoms with E-state index in [0.29, 0.717) is 5.11 Å². The van der Waals surface area contributed by atoms with Crippen molar-refractivity contribution in [3.63, 3.8) is 0 Å². The lowest BCUT2D eigenvalue weighted by molar-refractivity contribution is 0.388. The molecule has 1 heterocycles. The Kier molecular flexibility index (Phi) is 3.50. The number of thiocarbonyl (C=S) groups is 1. The number of benzene rings is 2. The van der Waals surface area contributed by atoms with Gasteiger partial charge in [0.2, 0.25) is 0 Å². The van der Waals surface area contributed by atoms with Crippen molar-refractivity contribution in [1.82, 2.24) is 10.7 Å². The Labute approximate surface area is 132 Å². The van der Waals surface area contributed by atoms with Crippen LogP contribution in [0.5, 0.6) is 0 Å². The maximum atomic E-state index is 5.45. The Morgan fingerprint density at radius 3 is 2.40 bits per heavy atom. The Balaban J connectivity index is 1.96. The minimum atomic E-state index is -0.437. The summed E-state index contributed by atoms with van der Waals surface area (Å²) < 4.78 is 1.04. The maximum absolute atomic E-state index is 5.45. The van der Waals surface area contributed by atoms with Crippen LogP contribution in [0.15, 0.2) is 59.1 Å². The molecule has 2 N–H and O–H groups in total. The first-order valence-corrected chi connectivity index (χ1v) is 7.50. The molecule has 0 aromatic heterocycles. The number of hydrazine groups is 1. The maximum Gasteiger partial charge on any atom is 0.190 e. The van der Waals surface area contributed by atoms with Crippen LogP contribution in [0.3, 0.4) is 0 Å². The third-order valence-corrected chi connectivity index (χ3v) is 4.30. The van der Waals surface area contributed by atoms with Gasteiger partial charge in [-0.25, -0.2) is 5.01 Å². The summed E-state index contributed by atoms with van der Waals surface area (Å²) in [6.45, 7) is 2.07. The molecule has 0 aliphatic carbocycles. The normalized spacial score (nSPS) is 21.9. The Morgan fingerprint density at radius 1 is 1.05 bits per heavy atom. The number of halogens is 1. The Bertz CT molecular complexity index is 647. The van der Waals surface area contributed by atoms with Crippen molar-refractivity contribution in [2.24, 2.45) is 0 Å². The SMILES string of the molecule is C[C@]1(c2ccccc2Br)NC(=S)N(c2ccccc2)N1. The van der Waals surface area contributed by atoms with E-state index in [0.717, 1.165) is 15.7 Å². The fourth-order valence-corrected chi connectivity index (χ4v) is 3.36. The van der Waals surface area contributed by atoms with E-state index < -0.39 is 5.66 Å². The number of nitrogens with one attached hydrogen (secondary N) is 2. The summed E-state index contributed by atoms with van der Waals surface area (Å²) in [5, 5.41) is 5.91. The van der Waals surface area contributed by atoms with Gasteiger partial charge in [0.25, 0.3) is 0 Å². The summed E-state index contributed by atoms with van der Waals surface area (Å²) in [5.74, 6) is 0. The fourth-order valence-electron chi connectivity index (χ4n) is 2.33. The van der Waals surface area contributed by atoms with Crippen molar-refractivity contribution in [2.45, 2.75) is 12.6 Å². The first kappa shape index (κ1) is 13.5. The minimum Gasteiger partial charge on any atom is -0.338 e. The van der Waals surface area contributed by atoms with Crippen molar-refractivity contribution in [3.05, 3.63) is 64.6 Å². The molecule has 0 saturated carbocycles. The molecule has 0 unspecified atom stereocenters. The van der Waals surface area contributed by atoms with Gasteiger partial charge in [0, 0.05) is 10.0 Å². The van der Waals surface area contributed by atoms with E-state index >= 15 is 0 Å². The van der Waals surface area contributed by atoms with Crippen molar-refractivity contribution in [3.8, 4) is 0 Å². The van der Waals surface area contributed by atoms with Gasteiger partial charge in [-0.1, -0.05) is 52.3 Å². The second kappa shape index (κ2) is 5.16. The van der Waals surface area contributed by atoms with Crippen molar-refractivity contribution < 1.29 is 0 Å². The van der Waals surface area contributed by atoms with Crippen LogP contribution in [-0.2, 0) is 5.66 Å². The lowest BCUT2D eigenvalue weighted by Gasteiger charge is -2.27. The van der Waals surface area contributed by atoms with Gasteiger partial charge in [0.05, 0.1) is 5.69 Å². The van der Waals surface area contributed by atoms with Gasteiger partial charge >= 0.3 is 0 Å². The second-order valence-electron chi connectivity index (χ2n) is 4.82. The monoisotopic (exact) mass is 347 g/mol. The zero-order valence-electron chi connectivity index (χ0n) is 10.9. The molecule has 20 heavy (non-hydrogen) atoms. The number of hydrogen-bond donors (Lipinski definition) is 2. The number of anilines is 1. The average Bonchev–Trinajstić information content (AvgIpc) is 2.76. The first-order chi connectivity index (χ1) is 9.60. The molecule has 0 bridgehead atoms. The lowest BCUT2D eigenvalue weighted by atomic mass is 10.0. The highest BCUT2D eigenvalue weighted by atomic mass is 79.9. The standard InChI is InChI=1S/C15H14BrN3S/c1-15(12-9-5-6-10-13(12)16)17-14(20)19(18-15)11-7-3-2-4-8-11/h2-10,18H,1H3,(H,17,20)/t15-/m0/s1. The van der Waals surface area contributed by atoms with E-state index in [2.05, 4.69) is 39.7 Å². The van der Waals surface area contributed by atoms with E-state index in [1.807, 2.05) is 53.5 Å². The molecule has 5 heteroatoms. The molecular formula is C15H14BrN3S. The first-order valence-electron chi connectivity index (χ1n) is 6.30. The molecule has 1 saturated heterocycles. The van der Waals surface area contributed by atoms with Crippen LogP contribution in [0.2, 0.25) is 0 Å². The van der Waals surface area contributed by atoms with Crippen LogP contribution >= 0.6 is 28.1 Å². The molecule has 3 rings (SSSR count). The summed E-state index contributed by atoms with van der Waals surface area (Å²) in [6, 6.07) is 18.1. The highest BCUT2D eigenvalue weighted by Crippen LogP contribution is 2.30. The highest BCUT2D eigenvalue weighted by Gasteiger charge is 2.39. The summed E-state index contributed by atoms with van der Waals surface area (Å²) in [5.41, 5.74) is 5.13. The van der Waals surface area contributed by atoms with Crippen LogP contribution in [0.4, 0.5) is 5.69 Å². The Hall–Kier alpha value is -1.43. The van der Waals surface area contributed by atoms with E-state index in [-0.39, 0.29) is 0 Å². The second-order valence-corrected chi connectivity index (χ2v) is 6.06. The number of para-hydroxylation sites is 1. The van der Waals surface area contributed by atoms with Crippen LogP contribution in [0.25, 0.3) is 0 Å². The van der Waals surface area contributed by atoms with Crippen molar-refractivity contribution >= 4 is 38.9 Å². The van der Waals surface area contributed by atoms with Crippen molar-refractivity contribution in [1.29, 1.82) is 0 Å².